The minimum absolute atomic E-state index is 0.0972. The van der Waals surface area contributed by atoms with E-state index in [-0.39, 0.29) is 17.4 Å². The van der Waals surface area contributed by atoms with E-state index in [0.717, 1.165) is 19.6 Å². The average Bonchev–Trinajstić information content (AvgIpc) is 3.31. The summed E-state index contributed by atoms with van der Waals surface area (Å²) in [6, 6.07) is 3.31. The molecule has 1 aliphatic heterocycles. The minimum atomic E-state index is -0.615. The number of likely N-dealkylation sites (tertiary alicyclic amines) is 1. The van der Waals surface area contributed by atoms with Crippen LogP contribution in [0, 0.1) is 11.2 Å². The highest BCUT2D eigenvalue weighted by Gasteiger charge is 2.30. The van der Waals surface area contributed by atoms with Gasteiger partial charge >= 0.3 is 0 Å². The predicted molar refractivity (Wildman–Crippen MR) is 101 cm³/mol. The summed E-state index contributed by atoms with van der Waals surface area (Å²) in [6.45, 7) is 6.79. The molecule has 0 saturated carbocycles. The van der Waals surface area contributed by atoms with Gasteiger partial charge in [0.15, 0.2) is 11.6 Å². The van der Waals surface area contributed by atoms with E-state index >= 15 is 0 Å². The second-order valence-corrected chi connectivity index (χ2v) is 7.49. The van der Waals surface area contributed by atoms with E-state index in [4.69, 9.17) is 4.74 Å². The van der Waals surface area contributed by atoms with Crippen molar-refractivity contribution >= 4 is 11.7 Å². The van der Waals surface area contributed by atoms with E-state index in [2.05, 4.69) is 25.4 Å². The molecule has 0 aromatic carbocycles. The second-order valence-electron chi connectivity index (χ2n) is 7.49. The third kappa shape index (κ3) is 4.44. The molecular formula is C19H26FN5O2. The van der Waals surface area contributed by atoms with Crippen molar-refractivity contribution in [2.45, 2.75) is 33.1 Å². The van der Waals surface area contributed by atoms with Gasteiger partial charge in [-0.05, 0) is 45.0 Å². The number of carbonyl (C=O) groups is 1. The molecule has 1 amide bonds. The minimum Gasteiger partial charge on any atom is -0.481 e. The zero-order valence-electron chi connectivity index (χ0n) is 16.0. The molecule has 0 radical (unpaired) electrons. The summed E-state index contributed by atoms with van der Waals surface area (Å²) in [5.41, 5.74) is 0.0837. The molecule has 27 heavy (non-hydrogen) atoms. The number of aromatic amines is 1. The monoisotopic (exact) mass is 375 g/mol. The van der Waals surface area contributed by atoms with Crippen LogP contribution in [0.3, 0.4) is 0 Å². The maximum Gasteiger partial charge on any atom is 0.231 e. The largest absolute Gasteiger partial charge is 0.481 e. The van der Waals surface area contributed by atoms with Crippen LogP contribution in [-0.2, 0) is 4.79 Å². The molecular weight excluding hydrogens is 349 g/mol. The molecule has 8 heteroatoms. The number of hydrogen-bond acceptors (Lipinski definition) is 5. The number of amides is 1. The Hall–Kier alpha value is -2.48. The van der Waals surface area contributed by atoms with Crippen LogP contribution in [0.1, 0.15) is 33.1 Å². The van der Waals surface area contributed by atoms with Gasteiger partial charge in [0.2, 0.25) is 11.8 Å². The van der Waals surface area contributed by atoms with E-state index in [1.54, 1.807) is 12.1 Å². The summed E-state index contributed by atoms with van der Waals surface area (Å²) >= 11 is 0. The molecule has 0 bridgehead atoms. The van der Waals surface area contributed by atoms with Crippen LogP contribution in [0.15, 0.2) is 18.3 Å². The highest BCUT2D eigenvalue weighted by Crippen LogP contribution is 2.28. The van der Waals surface area contributed by atoms with Crippen molar-refractivity contribution in [3.8, 4) is 17.1 Å². The highest BCUT2D eigenvalue weighted by molar-refractivity contribution is 5.94. The number of hydrogen-bond donors (Lipinski definition) is 2. The van der Waals surface area contributed by atoms with Crippen LogP contribution in [0.25, 0.3) is 11.3 Å². The molecule has 1 saturated heterocycles. The molecule has 2 aromatic heterocycles. The first-order chi connectivity index (χ1) is 12.9. The van der Waals surface area contributed by atoms with Crippen molar-refractivity contribution in [1.29, 1.82) is 0 Å². The van der Waals surface area contributed by atoms with Gasteiger partial charge < -0.3 is 15.0 Å². The van der Waals surface area contributed by atoms with E-state index < -0.39 is 11.2 Å². The van der Waals surface area contributed by atoms with Gasteiger partial charge in [-0.25, -0.2) is 9.37 Å². The number of anilines is 1. The van der Waals surface area contributed by atoms with Gasteiger partial charge in [-0.2, -0.15) is 5.10 Å². The molecule has 0 aliphatic carbocycles. The van der Waals surface area contributed by atoms with E-state index in [0.29, 0.717) is 17.9 Å². The van der Waals surface area contributed by atoms with Gasteiger partial charge in [0.25, 0.3) is 0 Å². The molecule has 2 aromatic rings. The summed E-state index contributed by atoms with van der Waals surface area (Å²) in [7, 11) is 1.51. The molecule has 1 fully saturated rings. The van der Waals surface area contributed by atoms with Gasteiger partial charge in [0.05, 0.1) is 7.11 Å². The number of halogens is 1. The third-order valence-corrected chi connectivity index (χ3v) is 5.04. The van der Waals surface area contributed by atoms with Gasteiger partial charge in [0.1, 0.15) is 5.69 Å². The van der Waals surface area contributed by atoms with Crippen molar-refractivity contribution in [1.82, 2.24) is 20.1 Å². The highest BCUT2D eigenvalue weighted by atomic mass is 19.1. The van der Waals surface area contributed by atoms with Gasteiger partial charge in [-0.15, -0.1) is 0 Å². The molecule has 146 valence electrons. The molecule has 0 unspecified atom stereocenters. The molecule has 3 heterocycles. The first-order valence-corrected chi connectivity index (χ1v) is 9.19. The lowest BCUT2D eigenvalue weighted by molar-refractivity contribution is -0.124. The van der Waals surface area contributed by atoms with E-state index in [1.807, 2.05) is 13.8 Å². The predicted octanol–water partition coefficient (Wildman–Crippen LogP) is 3.07. The quantitative estimate of drug-likeness (QED) is 0.777. The van der Waals surface area contributed by atoms with Crippen LogP contribution in [0.2, 0.25) is 0 Å². The number of methoxy groups -OCH3 is 1. The fraction of sp³-hybridized carbons (Fsp3) is 0.526. The third-order valence-electron chi connectivity index (χ3n) is 5.04. The Labute approximate surface area is 158 Å². The van der Waals surface area contributed by atoms with Crippen molar-refractivity contribution in [3.05, 3.63) is 24.1 Å². The van der Waals surface area contributed by atoms with Gasteiger partial charge in [-0.3, -0.25) is 9.89 Å². The lowest BCUT2D eigenvalue weighted by Gasteiger charge is -2.25. The van der Waals surface area contributed by atoms with Gasteiger partial charge in [0, 0.05) is 23.2 Å². The molecule has 0 atom stereocenters. The molecule has 2 N–H and O–H groups in total. The Kier molecular flexibility index (Phi) is 5.74. The van der Waals surface area contributed by atoms with Crippen LogP contribution in [-0.4, -0.2) is 52.7 Å². The van der Waals surface area contributed by atoms with Crippen LogP contribution in [0.5, 0.6) is 5.88 Å². The summed E-state index contributed by atoms with van der Waals surface area (Å²) < 4.78 is 19.7. The maximum absolute atomic E-state index is 14.7. The number of pyridine rings is 1. The fourth-order valence-corrected chi connectivity index (χ4v) is 3.09. The number of carbonyl (C=O) groups excluding carboxylic acids is 1. The second kappa shape index (κ2) is 8.04. The number of rotatable bonds is 7. The summed E-state index contributed by atoms with van der Waals surface area (Å²) in [4.78, 5) is 19.1. The Morgan fingerprint density at radius 2 is 2.11 bits per heavy atom. The number of H-pyrrole nitrogens is 1. The smallest absolute Gasteiger partial charge is 0.231 e. The van der Waals surface area contributed by atoms with Crippen LogP contribution < -0.4 is 10.1 Å². The topological polar surface area (TPSA) is 83.1 Å². The van der Waals surface area contributed by atoms with Crippen molar-refractivity contribution < 1.29 is 13.9 Å². The Morgan fingerprint density at radius 3 is 2.74 bits per heavy atom. The number of nitrogens with zero attached hydrogens (tertiary/aromatic N) is 3. The zero-order valence-corrected chi connectivity index (χ0v) is 16.0. The molecule has 0 spiro atoms. The Morgan fingerprint density at radius 1 is 1.37 bits per heavy atom. The number of nitrogens with one attached hydrogen (secondary N) is 2. The van der Waals surface area contributed by atoms with Crippen LogP contribution in [0.4, 0.5) is 10.2 Å². The summed E-state index contributed by atoms with van der Waals surface area (Å²) in [6.07, 6.45) is 4.63. The average molecular weight is 375 g/mol. The summed E-state index contributed by atoms with van der Waals surface area (Å²) in [5.74, 6) is -0.510. The van der Waals surface area contributed by atoms with Crippen molar-refractivity contribution in [2.75, 3.05) is 32.1 Å². The molecule has 1 aliphatic rings. The first kappa shape index (κ1) is 19.3. The SMILES string of the molecule is COc1ccc(-c2[nH]nc(NC(=O)C(C)(C)CCN3CCCC3)c2F)cn1. The number of aromatic nitrogens is 3. The molecule has 3 rings (SSSR count). The van der Waals surface area contributed by atoms with Crippen LogP contribution >= 0.6 is 0 Å². The van der Waals surface area contributed by atoms with E-state index in [9.17, 15) is 9.18 Å². The lowest BCUT2D eigenvalue weighted by atomic mass is 9.88. The van der Waals surface area contributed by atoms with Crippen molar-refractivity contribution in [3.63, 3.8) is 0 Å². The zero-order chi connectivity index (χ0) is 19.4. The normalized spacial score (nSPS) is 15.1. The number of ether oxygens (including phenoxy) is 1. The van der Waals surface area contributed by atoms with E-state index in [1.165, 1.54) is 26.1 Å². The maximum atomic E-state index is 14.7. The lowest BCUT2D eigenvalue weighted by Crippen LogP contribution is -2.35. The van der Waals surface area contributed by atoms with Crippen molar-refractivity contribution in [2.24, 2.45) is 5.41 Å². The molecule has 7 nitrogen and oxygen atoms in total. The first-order valence-electron chi connectivity index (χ1n) is 9.19. The van der Waals surface area contributed by atoms with Gasteiger partial charge in [-0.1, -0.05) is 13.8 Å². The summed E-state index contributed by atoms with van der Waals surface area (Å²) in [5, 5.41) is 9.18. The Bertz CT molecular complexity index is 782. The Balaban J connectivity index is 1.65. The fourth-order valence-electron chi connectivity index (χ4n) is 3.09. The standard InChI is InChI=1S/C19H26FN5O2/c1-19(2,8-11-25-9-4-5-10-25)18(26)22-17-15(20)16(23-24-17)13-6-7-14(27-3)21-12-13/h6-7,12H,4-5,8-11H2,1-3H3,(H2,22,23,24,26).